The molecular formula is C11H12N2O3. The number of methoxy groups -OCH3 is 1. The van der Waals surface area contributed by atoms with Gasteiger partial charge in [-0.15, -0.1) is 6.42 Å². The maximum absolute atomic E-state index is 10.9. The fourth-order valence-corrected chi connectivity index (χ4v) is 1.27. The van der Waals surface area contributed by atoms with Gasteiger partial charge in [0.15, 0.2) is 5.75 Å². The highest BCUT2D eigenvalue weighted by molar-refractivity contribution is 5.69. The predicted molar refractivity (Wildman–Crippen MR) is 61.6 cm³/mol. The highest BCUT2D eigenvalue weighted by atomic mass is 16.6. The van der Waals surface area contributed by atoms with Crippen LogP contribution < -0.4 is 10.1 Å². The molecule has 0 radical (unpaired) electrons. The van der Waals surface area contributed by atoms with Crippen molar-refractivity contribution in [3.8, 4) is 18.1 Å². The largest absolute Gasteiger partial charge is 0.490 e. The first-order chi connectivity index (χ1) is 7.60. The Hall–Kier alpha value is -2.22. The summed E-state index contributed by atoms with van der Waals surface area (Å²) in [5.41, 5.74) is 0.252. The van der Waals surface area contributed by atoms with Crippen LogP contribution in [0.2, 0.25) is 0 Å². The van der Waals surface area contributed by atoms with Crippen molar-refractivity contribution in [2.24, 2.45) is 0 Å². The standard InChI is InChI=1S/C11H12N2O3/c1-4-8(2)12-9-6-5-7-10(16-3)11(9)13(14)15/h1,5-8,12H,2-3H3. The Morgan fingerprint density at radius 2 is 2.31 bits per heavy atom. The molecule has 16 heavy (non-hydrogen) atoms. The van der Waals surface area contributed by atoms with Gasteiger partial charge in [-0.2, -0.15) is 0 Å². The molecule has 1 atom stereocenters. The predicted octanol–water partition coefficient (Wildman–Crippen LogP) is 2.04. The van der Waals surface area contributed by atoms with E-state index in [0.29, 0.717) is 5.69 Å². The van der Waals surface area contributed by atoms with Crippen LogP contribution in [0.15, 0.2) is 18.2 Å². The van der Waals surface area contributed by atoms with E-state index in [1.165, 1.54) is 13.2 Å². The van der Waals surface area contributed by atoms with Gasteiger partial charge in [0.25, 0.3) is 0 Å². The summed E-state index contributed by atoms with van der Waals surface area (Å²) in [5, 5.41) is 13.8. The lowest BCUT2D eigenvalue weighted by molar-refractivity contribution is -0.384. The number of para-hydroxylation sites is 1. The van der Waals surface area contributed by atoms with E-state index < -0.39 is 4.92 Å². The van der Waals surface area contributed by atoms with Crippen molar-refractivity contribution in [1.82, 2.24) is 0 Å². The number of nitrogens with one attached hydrogen (secondary N) is 1. The molecule has 1 rings (SSSR count). The lowest BCUT2D eigenvalue weighted by Gasteiger charge is -2.11. The number of rotatable bonds is 4. The molecule has 0 aliphatic rings. The Balaban J connectivity index is 3.18. The maximum atomic E-state index is 10.9. The zero-order valence-electron chi connectivity index (χ0n) is 9.06. The molecule has 1 N–H and O–H groups in total. The molecular weight excluding hydrogens is 208 g/mol. The molecule has 84 valence electrons. The monoisotopic (exact) mass is 220 g/mol. The smallest absolute Gasteiger partial charge is 0.333 e. The summed E-state index contributed by atoms with van der Waals surface area (Å²) >= 11 is 0. The van der Waals surface area contributed by atoms with E-state index in [9.17, 15) is 10.1 Å². The molecule has 0 amide bonds. The summed E-state index contributed by atoms with van der Waals surface area (Å²) in [6, 6.07) is 4.50. The highest BCUT2D eigenvalue weighted by Gasteiger charge is 2.20. The molecule has 1 aromatic carbocycles. The number of nitrogens with zero attached hydrogens (tertiary/aromatic N) is 1. The second-order valence-corrected chi connectivity index (χ2v) is 3.15. The van der Waals surface area contributed by atoms with Crippen molar-refractivity contribution in [1.29, 1.82) is 0 Å². The number of ether oxygens (including phenoxy) is 1. The molecule has 0 aliphatic heterocycles. The highest BCUT2D eigenvalue weighted by Crippen LogP contribution is 2.34. The molecule has 0 saturated heterocycles. The van der Waals surface area contributed by atoms with Gasteiger partial charge in [-0.1, -0.05) is 12.0 Å². The molecule has 5 heteroatoms. The molecule has 0 saturated carbocycles. The van der Waals surface area contributed by atoms with Gasteiger partial charge < -0.3 is 10.1 Å². The molecule has 5 nitrogen and oxygen atoms in total. The molecule has 0 aromatic heterocycles. The minimum atomic E-state index is -0.496. The minimum Gasteiger partial charge on any atom is -0.490 e. The van der Waals surface area contributed by atoms with Crippen LogP contribution in [-0.4, -0.2) is 18.1 Å². The summed E-state index contributed by atoms with van der Waals surface area (Å²) in [6.45, 7) is 1.74. The SMILES string of the molecule is C#CC(C)Nc1cccc(OC)c1[N+](=O)[O-]. The number of hydrogen-bond acceptors (Lipinski definition) is 4. The van der Waals surface area contributed by atoms with Crippen LogP contribution in [0.1, 0.15) is 6.92 Å². The van der Waals surface area contributed by atoms with E-state index in [1.54, 1.807) is 19.1 Å². The van der Waals surface area contributed by atoms with Gasteiger partial charge in [0, 0.05) is 0 Å². The van der Waals surface area contributed by atoms with Gasteiger partial charge in [0.1, 0.15) is 5.69 Å². The number of nitro groups is 1. The lowest BCUT2D eigenvalue weighted by atomic mass is 10.2. The van der Waals surface area contributed by atoms with Crippen LogP contribution in [-0.2, 0) is 0 Å². The summed E-state index contributed by atoms with van der Waals surface area (Å²) in [6.07, 6.45) is 5.20. The number of anilines is 1. The molecule has 0 spiro atoms. The zero-order chi connectivity index (χ0) is 12.1. The van der Waals surface area contributed by atoms with E-state index in [1.807, 2.05) is 0 Å². The third-order valence-electron chi connectivity index (χ3n) is 2.02. The van der Waals surface area contributed by atoms with E-state index in [2.05, 4.69) is 11.2 Å². The average Bonchev–Trinajstić information content (AvgIpc) is 2.28. The third kappa shape index (κ3) is 2.42. The molecule has 0 heterocycles. The second kappa shape index (κ2) is 5.03. The minimum absolute atomic E-state index is 0.105. The average molecular weight is 220 g/mol. The fourth-order valence-electron chi connectivity index (χ4n) is 1.27. The number of benzene rings is 1. The number of nitro benzene ring substituents is 1. The zero-order valence-corrected chi connectivity index (χ0v) is 9.06. The van der Waals surface area contributed by atoms with E-state index >= 15 is 0 Å². The van der Waals surface area contributed by atoms with Crippen molar-refractivity contribution in [2.45, 2.75) is 13.0 Å². The topological polar surface area (TPSA) is 64.4 Å². The Labute approximate surface area is 93.6 Å². The van der Waals surface area contributed by atoms with Crippen LogP contribution in [0.3, 0.4) is 0 Å². The van der Waals surface area contributed by atoms with Gasteiger partial charge in [-0.25, -0.2) is 0 Å². The lowest BCUT2D eigenvalue weighted by Crippen LogP contribution is -2.13. The van der Waals surface area contributed by atoms with Crippen LogP contribution in [0.5, 0.6) is 5.75 Å². The second-order valence-electron chi connectivity index (χ2n) is 3.15. The van der Waals surface area contributed by atoms with Gasteiger partial charge >= 0.3 is 5.69 Å². The summed E-state index contributed by atoms with van der Waals surface area (Å²) in [5.74, 6) is 2.65. The molecule has 0 aliphatic carbocycles. The number of hydrogen-bond donors (Lipinski definition) is 1. The van der Waals surface area contributed by atoms with E-state index in [0.717, 1.165) is 0 Å². The Morgan fingerprint density at radius 3 is 2.81 bits per heavy atom. The summed E-state index contributed by atoms with van der Waals surface area (Å²) in [7, 11) is 1.39. The van der Waals surface area contributed by atoms with Crippen molar-refractivity contribution in [3.63, 3.8) is 0 Å². The maximum Gasteiger partial charge on any atom is 0.333 e. The fraction of sp³-hybridized carbons (Fsp3) is 0.273. The van der Waals surface area contributed by atoms with Crippen LogP contribution >= 0.6 is 0 Å². The summed E-state index contributed by atoms with van der Waals surface area (Å²) < 4.78 is 4.93. The Kier molecular flexibility index (Phi) is 3.72. The van der Waals surface area contributed by atoms with Crippen LogP contribution in [0, 0.1) is 22.5 Å². The van der Waals surface area contributed by atoms with Crippen molar-refractivity contribution in [3.05, 3.63) is 28.3 Å². The van der Waals surface area contributed by atoms with Crippen LogP contribution in [0.4, 0.5) is 11.4 Å². The van der Waals surface area contributed by atoms with Gasteiger partial charge in [0.05, 0.1) is 18.1 Å². The Morgan fingerprint density at radius 1 is 1.62 bits per heavy atom. The number of terminal acetylenes is 1. The van der Waals surface area contributed by atoms with Crippen molar-refractivity contribution in [2.75, 3.05) is 12.4 Å². The first kappa shape index (κ1) is 11.9. The van der Waals surface area contributed by atoms with Crippen LogP contribution in [0.25, 0.3) is 0 Å². The van der Waals surface area contributed by atoms with Crippen molar-refractivity contribution >= 4 is 11.4 Å². The van der Waals surface area contributed by atoms with E-state index in [-0.39, 0.29) is 17.5 Å². The summed E-state index contributed by atoms with van der Waals surface area (Å²) in [4.78, 5) is 10.4. The molecule has 1 unspecified atom stereocenters. The quantitative estimate of drug-likeness (QED) is 0.479. The van der Waals surface area contributed by atoms with Crippen molar-refractivity contribution < 1.29 is 9.66 Å². The van der Waals surface area contributed by atoms with Gasteiger partial charge in [0.2, 0.25) is 0 Å². The third-order valence-corrected chi connectivity index (χ3v) is 2.02. The Bertz CT molecular complexity index is 437. The molecule has 0 bridgehead atoms. The first-order valence-electron chi connectivity index (χ1n) is 4.64. The molecule has 0 fully saturated rings. The molecule has 1 aromatic rings. The van der Waals surface area contributed by atoms with Gasteiger partial charge in [-0.3, -0.25) is 10.1 Å². The van der Waals surface area contributed by atoms with E-state index in [4.69, 9.17) is 11.2 Å². The first-order valence-corrected chi connectivity index (χ1v) is 4.64. The normalized spacial score (nSPS) is 11.3. The van der Waals surface area contributed by atoms with Gasteiger partial charge in [-0.05, 0) is 19.1 Å².